The second kappa shape index (κ2) is 3.45. The van der Waals surface area contributed by atoms with Crippen LogP contribution in [0.3, 0.4) is 0 Å². The summed E-state index contributed by atoms with van der Waals surface area (Å²) in [5.41, 5.74) is 3.27. The van der Waals surface area contributed by atoms with E-state index in [1.165, 1.54) is 0 Å². The van der Waals surface area contributed by atoms with Gasteiger partial charge in [-0.1, -0.05) is 6.07 Å². The van der Waals surface area contributed by atoms with Crippen molar-refractivity contribution in [3.8, 4) is 11.4 Å². The molecule has 78 valence electrons. The van der Waals surface area contributed by atoms with Crippen molar-refractivity contribution >= 4 is 5.52 Å². The first-order valence-corrected chi connectivity index (χ1v) is 5.23. The zero-order valence-corrected chi connectivity index (χ0v) is 9.04. The topological polar surface area (TPSA) is 21.2 Å². The van der Waals surface area contributed by atoms with Crippen LogP contribution in [0.15, 0.2) is 55.1 Å². The predicted octanol–water partition coefficient (Wildman–Crippen LogP) is 1.83. The monoisotopic (exact) mass is 210 g/mol. The van der Waals surface area contributed by atoms with E-state index in [0.717, 1.165) is 16.9 Å². The minimum atomic E-state index is 1.02. The third kappa shape index (κ3) is 1.29. The Bertz CT molecular complexity index is 640. The number of aromatic nitrogens is 3. The lowest BCUT2D eigenvalue weighted by atomic mass is 10.2. The molecule has 16 heavy (non-hydrogen) atoms. The maximum absolute atomic E-state index is 4.47. The third-order valence-electron chi connectivity index (χ3n) is 2.74. The molecule has 3 heteroatoms. The van der Waals surface area contributed by atoms with Gasteiger partial charge in [-0.25, -0.2) is 4.98 Å². The van der Waals surface area contributed by atoms with Crippen LogP contribution in [0.1, 0.15) is 0 Å². The Kier molecular flexibility index (Phi) is 1.96. The minimum absolute atomic E-state index is 1.02. The Morgan fingerprint density at radius 1 is 1.12 bits per heavy atom. The van der Waals surface area contributed by atoms with Gasteiger partial charge in [-0.15, -0.1) is 0 Å². The normalized spacial score (nSPS) is 10.8. The van der Waals surface area contributed by atoms with Gasteiger partial charge in [0.05, 0.1) is 5.52 Å². The van der Waals surface area contributed by atoms with Gasteiger partial charge in [-0.3, -0.25) is 0 Å². The molecule has 0 aliphatic rings. The van der Waals surface area contributed by atoms with Crippen molar-refractivity contribution in [2.45, 2.75) is 0 Å². The van der Waals surface area contributed by atoms with Gasteiger partial charge in [-0.2, -0.15) is 4.57 Å². The van der Waals surface area contributed by atoms with Gasteiger partial charge in [-0.05, 0) is 18.2 Å². The van der Waals surface area contributed by atoms with Gasteiger partial charge in [0.2, 0.25) is 5.69 Å². The summed E-state index contributed by atoms with van der Waals surface area (Å²) >= 11 is 0. The van der Waals surface area contributed by atoms with Gasteiger partial charge < -0.3 is 4.40 Å². The second-order valence-electron chi connectivity index (χ2n) is 3.78. The number of hydrogen-bond acceptors (Lipinski definition) is 1. The van der Waals surface area contributed by atoms with Crippen LogP contribution in [0.5, 0.6) is 0 Å². The fourth-order valence-electron chi connectivity index (χ4n) is 1.91. The predicted molar refractivity (Wildman–Crippen MR) is 61.8 cm³/mol. The molecule has 0 aromatic carbocycles. The molecule has 0 spiro atoms. The zero-order valence-electron chi connectivity index (χ0n) is 9.04. The first kappa shape index (κ1) is 9.09. The van der Waals surface area contributed by atoms with E-state index in [-0.39, 0.29) is 0 Å². The highest BCUT2D eigenvalue weighted by Gasteiger charge is 2.14. The van der Waals surface area contributed by atoms with Crippen molar-refractivity contribution in [2.75, 3.05) is 0 Å². The summed E-state index contributed by atoms with van der Waals surface area (Å²) in [5, 5.41) is 0. The molecule has 0 fully saturated rings. The highest BCUT2D eigenvalue weighted by Crippen LogP contribution is 2.18. The van der Waals surface area contributed by atoms with Gasteiger partial charge in [0.25, 0.3) is 0 Å². The average molecular weight is 210 g/mol. The van der Waals surface area contributed by atoms with Gasteiger partial charge in [0, 0.05) is 18.3 Å². The molecule has 0 radical (unpaired) electrons. The largest absolute Gasteiger partial charge is 0.305 e. The molecule has 0 amide bonds. The average Bonchev–Trinajstić information content (AvgIpc) is 2.74. The molecule has 0 N–H and O–H groups in total. The molecule has 3 nitrogen and oxygen atoms in total. The molecule has 3 rings (SSSR count). The van der Waals surface area contributed by atoms with Gasteiger partial charge >= 0.3 is 0 Å². The maximum Gasteiger partial charge on any atom is 0.233 e. The van der Waals surface area contributed by atoms with E-state index in [1.807, 2.05) is 54.4 Å². The van der Waals surface area contributed by atoms with E-state index < -0.39 is 0 Å². The molecular weight excluding hydrogens is 198 g/mol. The Hall–Kier alpha value is -2.16. The van der Waals surface area contributed by atoms with E-state index in [2.05, 4.69) is 21.7 Å². The summed E-state index contributed by atoms with van der Waals surface area (Å²) in [6, 6.07) is 12.2. The van der Waals surface area contributed by atoms with Gasteiger partial charge in [0.15, 0.2) is 11.9 Å². The van der Waals surface area contributed by atoms with E-state index in [4.69, 9.17) is 0 Å². The molecule has 3 aromatic rings. The Labute approximate surface area is 93.6 Å². The molecule has 0 aliphatic heterocycles. The van der Waals surface area contributed by atoms with Crippen LogP contribution in [0.25, 0.3) is 16.9 Å². The standard InChI is InChI=1S/C13H12N3/c1-15-8-4-2-6-11(15)13-12-7-3-5-9-16(12)10-14-13/h2-10H,1H3/q+1. The molecule has 0 unspecified atom stereocenters. The maximum atomic E-state index is 4.47. The van der Waals surface area contributed by atoms with Crippen LogP contribution < -0.4 is 4.57 Å². The minimum Gasteiger partial charge on any atom is -0.305 e. The van der Waals surface area contributed by atoms with E-state index in [0.29, 0.717) is 0 Å². The summed E-state index contributed by atoms with van der Waals surface area (Å²) in [6.07, 6.45) is 5.88. The lowest BCUT2D eigenvalue weighted by Gasteiger charge is -1.97. The van der Waals surface area contributed by atoms with Gasteiger partial charge in [0.1, 0.15) is 13.4 Å². The summed E-state index contributed by atoms with van der Waals surface area (Å²) in [6.45, 7) is 0. The number of pyridine rings is 2. The first-order valence-electron chi connectivity index (χ1n) is 5.23. The Balaban J connectivity index is 2.31. The Morgan fingerprint density at radius 3 is 2.88 bits per heavy atom. The fraction of sp³-hybridized carbons (Fsp3) is 0.0769. The molecule has 0 aliphatic carbocycles. The number of rotatable bonds is 1. The van der Waals surface area contributed by atoms with Crippen molar-refractivity contribution in [3.05, 3.63) is 55.1 Å². The molecule has 0 saturated carbocycles. The smallest absolute Gasteiger partial charge is 0.233 e. The quantitative estimate of drug-likeness (QED) is 0.561. The lowest BCUT2D eigenvalue weighted by molar-refractivity contribution is -0.660. The van der Waals surface area contributed by atoms with Crippen LogP contribution >= 0.6 is 0 Å². The van der Waals surface area contributed by atoms with Crippen molar-refractivity contribution < 1.29 is 4.57 Å². The summed E-state index contributed by atoms with van der Waals surface area (Å²) < 4.78 is 4.11. The third-order valence-corrected chi connectivity index (χ3v) is 2.74. The first-order chi connectivity index (χ1) is 7.86. The van der Waals surface area contributed by atoms with Crippen LogP contribution in [0.2, 0.25) is 0 Å². The van der Waals surface area contributed by atoms with Crippen LogP contribution in [0, 0.1) is 0 Å². The molecule has 0 atom stereocenters. The number of hydrogen-bond donors (Lipinski definition) is 0. The van der Waals surface area contributed by atoms with E-state index in [1.54, 1.807) is 0 Å². The lowest BCUT2D eigenvalue weighted by Crippen LogP contribution is -2.30. The fourth-order valence-corrected chi connectivity index (χ4v) is 1.91. The van der Waals surface area contributed by atoms with E-state index >= 15 is 0 Å². The van der Waals surface area contributed by atoms with E-state index in [9.17, 15) is 0 Å². The molecule has 3 heterocycles. The van der Waals surface area contributed by atoms with Crippen LogP contribution in [-0.2, 0) is 7.05 Å². The Morgan fingerprint density at radius 2 is 2.00 bits per heavy atom. The SMILES string of the molecule is C[n+]1ccccc1-c1ncn2ccccc12. The molecule has 0 saturated heterocycles. The van der Waals surface area contributed by atoms with Crippen LogP contribution in [-0.4, -0.2) is 9.38 Å². The molecule has 3 aromatic heterocycles. The number of aryl methyl sites for hydroxylation is 1. The zero-order chi connectivity index (χ0) is 11.0. The number of fused-ring (bicyclic) bond motifs is 1. The number of imidazole rings is 1. The number of nitrogens with zero attached hydrogens (tertiary/aromatic N) is 3. The van der Waals surface area contributed by atoms with Crippen molar-refractivity contribution in [3.63, 3.8) is 0 Å². The summed E-state index contributed by atoms with van der Waals surface area (Å²) in [4.78, 5) is 4.47. The molecule has 0 bridgehead atoms. The second-order valence-corrected chi connectivity index (χ2v) is 3.78. The van der Waals surface area contributed by atoms with Crippen molar-refractivity contribution in [1.29, 1.82) is 0 Å². The van der Waals surface area contributed by atoms with Crippen molar-refractivity contribution in [2.24, 2.45) is 7.05 Å². The van der Waals surface area contributed by atoms with Crippen molar-refractivity contribution in [1.82, 2.24) is 9.38 Å². The molecular formula is C13H12N3+. The highest BCUT2D eigenvalue weighted by molar-refractivity contribution is 5.72. The summed E-state index contributed by atoms with van der Waals surface area (Å²) in [5.74, 6) is 0. The summed E-state index contributed by atoms with van der Waals surface area (Å²) in [7, 11) is 2.03. The highest BCUT2D eigenvalue weighted by atomic mass is 15.0. The van der Waals surface area contributed by atoms with Crippen LogP contribution in [0.4, 0.5) is 0 Å².